The number of aromatic amines is 2. The Hall–Kier alpha value is -3.09. The van der Waals surface area contributed by atoms with Crippen LogP contribution >= 0.6 is 0 Å². The number of H-pyrrole nitrogens is 2. The molecule has 2 aliphatic rings. The zero-order valence-electron chi connectivity index (χ0n) is 14.9. The number of hydrogen-bond acceptors (Lipinski definition) is 4. The second kappa shape index (κ2) is 6.90. The maximum atomic E-state index is 12.7. The van der Waals surface area contributed by atoms with Gasteiger partial charge in [-0.1, -0.05) is 24.3 Å². The van der Waals surface area contributed by atoms with Crippen LogP contribution in [0.5, 0.6) is 5.75 Å². The summed E-state index contributed by atoms with van der Waals surface area (Å²) in [5.74, 6) is 0.721. The van der Waals surface area contributed by atoms with Gasteiger partial charge in [-0.15, -0.1) is 0 Å². The quantitative estimate of drug-likeness (QED) is 0.840. The number of carbonyl (C=O) groups is 1. The molecule has 2 aliphatic heterocycles. The van der Waals surface area contributed by atoms with E-state index in [9.17, 15) is 14.4 Å². The van der Waals surface area contributed by atoms with Gasteiger partial charge >= 0.3 is 0 Å². The molecule has 140 valence electrons. The van der Waals surface area contributed by atoms with Crippen molar-refractivity contribution in [1.29, 1.82) is 0 Å². The van der Waals surface area contributed by atoms with E-state index in [0.717, 1.165) is 24.2 Å². The van der Waals surface area contributed by atoms with Gasteiger partial charge in [0.05, 0.1) is 6.42 Å². The van der Waals surface area contributed by atoms with Crippen molar-refractivity contribution < 1.29 is 9.53 Å². The van der Waals surface area contributed by atoms with Gasteiger partial charge < -0.3 is 9.64 Å². The van der Waals surface area contributed by atoms with E-state index in [1.165, 1.54) is 6.07 Å². The number of nitrogens with zero attached hydrogens (tertiary/aromatic N) is 1. The molecule has 1 atom stereocenters. The number of para-hydroxylation sites is 1. The molecule has 1 aromatic carbocycles. The van der Waals surface area contributed by atoms with Crippen LogP contribution in [0, 0.1) is 0 Å². The van der Waals surface area contributed by atoms with Gasteiger partial charge in [-0.05, 0) is 25.0 Å². The number of amides is 1. The van der Waals surface area contributed by atoms with Crippen LogP contribution in [-0.4, -0.2) is 39.7 Å². The maximum absolute atomic E-state index is 12.7. The van der Waals surface area contributed by atoms with Gasteiger partial charge in [-0.25, -0.2) is 0 Å². The van der Waals surface area contributed by atoms with E-state index in [1.807, 2.05) is 24.3 Å². The van der Waals surface area contributed by atoms with Crippen LogP contribution in [0.25, 0.3) is 6.08 Å². The highest BCUT2D eigenvalue weighted by Gasteiger charge is 2.35. The first-order chi connectivity index (χ1) is 13.0. The summed E-state index contributed by atoms with van der Waals surface area (Å²) in [6.45, 7) is 1.16. The van der Waals surface area contributed by atoms with Crippen LogP contribution in [0.3, 0.4) is 0 Å². The maximum Gasteiger partial charge on any atom is 0.266 e. The highest BCUT2D eigenvalue weighted by molar-refractivity contribution is 5.78. The highest BCUT2D eigenvalue weighted by atomic mass is 16.5. The monoisotopic (exact) mass is 367 g/mol. The van der Waals surface area contributed by atoms with Crippen LogP contribution in [0.1, 0.15) is 30.4 Å². The summed E-state index contributed by atoms with van der Waals surface area (Å²) in [7, 11) is 0. The molecular weight excluding hydrogens is 346 g/mol. The van der Waals surface area contributed by atoms with Crippen molar-refractivity contribution in [1.82, 2.24) is 15.1 Å². The van der Waals surface area contributed by atoms with Gasteiger partial charge in [0.25, 0.3) is 11.1 Å². The first-order valence-electron chi connectivity index (χ1n) is 9.11. The number of likely N-dealkylation sites (tertiary alicyclic amines) is 1. The Bertz CT molecular complexity index is 1010. The first-order valence-corrected chi connectivity index (χ1v) is 9.11. The van der Waals surface area contributed by atoms with Gasteiger partial charge in [-0.2, -0.15) is 0 Å². The summed E-state index contributed by atoms with van der Waals surface area (Å²) in [6.07, 6.45) is 6.44. The van der Waals surface area contributed by atoms with E-state index in [1.54, 1.807) is 4.90 Å². The fourth-order valence-electron chi connectivity index (χ4n) is 3.72. The summed E-state index contributed by atoms with van der Waals surface area (Å²) in [5, 5.41) is 4.46. The summed E-state index contributed by atoms with van der Waals surface area (Å²) >= 11 is 0. The third-order valence-corrected chi connectivity index (χ3v) is 5.22. The number of nitrogens with one attached hydrogen (secondary N) is 2. The fraction of sp³-hybridized carbons (Fsp3) is 0.350. The number of carbonyl (C=O) groups excluding carboxylic acids is 1. The predicted molar refractivity (Wildman–Crippen MR) is 101 cm³/mol. The van der Waals surface area contributed by atoms with Gasteiger partial charge in [0.1, 0.15) is 11.4 Å². The molecule has 27 heavy (non-hydrogen) atoms. The molecule has 1 amide bonds. The van der Waals surface area contributed by atoms with E-state index >= 15 is 0 Å². The highest BCUT2D eigenvalue weighted by Crippen LogP contribution is 2.36. The standard InChI is InChI=1S/C20H21N3O4/c24-17-12-15(19(26)22-21-17)13-18(25)23-10-3-7-20(9-11-23)8-6-14-4-1-2-5-16(14)27-20/h1-2,4-6,8,12H,3,7,9-11,13H2,(H,21,24)(H,22,26). The third-order valence-electron chi connectivity index (χ3n) is 5.22. The second-order valence-electron chi connectivity index (χ2n) is 7.06. The lowest BCUT2D eigenvalue weighted by molar-refractivity contribution is -0.130. The largest absolute Gasteiger partial charge is 0.483 e. The molecule has 7 heteroatoms. The smallest absolute Gasteiger partial charge is 0.266 e. The molecule has 1 fully saturated rings. The van der Waals surface area contributed by atoms with Crippen LogP contribution in [0.4, 0.5) is 0 Å². The zero-order valence-corrected chi connectivity index (χ0v) is 14.9. The van der Waals surface area contributed by atoms with Crippen LogP contribution < -0.4 is 15.9 Å². The van der Waals surface area contributed by atoms with Gasteiger partial charge in [0, 0.05) is 36.7 Å². The minimum Gasteiger partial charge on any atom is -0.483 e. The van der Waals surface area contributed by atoms with Gasteiger partial charge in [-0.3, -0.25) is 24.6 Å². The molecule has 2 N–H and O–H groups in total. The average molecular weight is 367 g/mol. The lowest BCUT2D eigenvalue weighted by Crippen LogP contribution is -2.39. The van der Waals surface area contributed by atoms with Gasteiger partial charge in [0.15, 0.2) is 0 Å². The van der Waals surface area contributed by atoms with Crippen molar-refractivity contribution in [2.75, 3.05) is 13.1 Å². The van der Waals surface area contributed by atoms with Gasteiger partial charge in [0.2, 0.25) is 5.91 Å². The van der Waals surface area contributed by atoms with Crippen molar-refractivity contribution >= 4 is 12.0 Å². The molecule has 1 spiro atoms. The van der Waals surface area contributed by atoms with E-state index in [0.29, 0.717) is 19.5 Å². The molecule has 1 unspecified atom stereocenters. The van der Waals surface area contributed by atoms with E-state index in [2.05, 4.69) is 22.3 Å². The number of aromatic nitrogens is 2. The van der Waals surface area contributed by atoms with E-state index in [-0.39, 0.29) is 17.9 Å². The molecule has 1 saturated heterocycles. The van der Waals surface area contributed by atoms with Crippen molar-refractivity contribution in [2.24, 2.45) is 0 Å². The number of fused-ring (bicyclic) bond motifs is 1. The Kier molecular flexibility index (Phi) is 4.43. The van der Waals surface area contributed by atoms with Crippen molar-refractivity contribution in [3.8, 4) is 5.75 Å². The molecule has 0 aliphatic carbocycles. The molecule has 0 saturated carbocycles. The number of ether oxygens (including phenoxy) is 1. The zero-order chi connectivity index (χ0) is 18.9. The molecule has 2 aromatic rings. The molecule has 0 radical (unpaired) electrons. The minimum atomic E-state index is -0.440. The van der Waals surface area contributed by atoms with Crippen molar-refractivity contribution in [3.63, 3.8) is 0 Å². The first kappa shape index (κ1) is 17.3. The summed E-state index contributed by atoms with van der Waals surface area (Å²) in [4.78, 5) is 37.6. The molecule has 1 aromatic heterocycles. The topological polar surface area (TPSA) is 95.3 Å². The molecular formula is C20H21N3O4. The lowest BCUT2D eigenvalue weighted by Gasteiger charge is -2.34. The minimum absolute atomic E-state index is 0.0776. The SMILES string of the molecule is O=C(Cc1cc(=O)[nH][nH]c1=O)N1CCCC2(C=Cc3ccccc3O2)CC1. The number of hydrogen-bond donors (Lipinski definition) is 2. The molecule has 0 bridgehead atoms. The molecule has 7 nitrogen and oxygen atoms in total. The Morgan fingerprint density at radius 3 is 2.89 bits per heavy atom. The summed E-state index contributed by atoms with van der Waals surface area (Å²) in [5.41, 5.74) is -0.0135. The lowest BCUT2D eigenvalue weighted by atomic mass is 9.91. The Morgan fingerprint density at radius 2 is 2.00 bits per heavy atom. The van der Waals surface area contributed by atoms with Crippen molar-refractivity contribution in [2.45, 2.75) is 31.3 Å². The number of benzene rings is 1. The average Bonchev–Trinajstić information content (AvgIpc) is 2.87. The Morgan fingerprint density at radius 1 is 1.15 bits per heavy atom. The van der Waals surface area contributed by atoms with Crippen LogP contribution in [0.2, 0.25) is 0 Å². The molecule has 3 heterocycles. The summed E-state index contributed by atoms with van der Waals surface area (Å²) < 4.78 is 6.30. The molecule has 4 rings (SSSR count). The van der Waals surface area contributed by atoms with E-state index < -0.39 is 16.7 Å². The normalized spacial score (nSPS) is 21.4. The Balaban J connectivity index is 1.46. The van der Waals surface area contributed by atoms with Crippen LogP contribution in [0.15, 0.2) is 46.0 Å². The van der Waals surface area contributed by atoms with Crippen LogP contribution in [-0.2, 0) is 11.2 Å². The third kappa shape index (κ3) is 3.58. The van der Waals surface area contributed by atoms with E-state index in [4.69, 9.17) is 4.74 Å². The Labute approximate surface area is 155 Å². The fourth-order valence-corrected chi connectivity index (χ4v) is 3.72. The second-order valence-corrected chi connectivity index (χ2v) is 7.06. The number of rotatable bonds is 2. The van der Waals surface area contributed by atoms with Crippen molar-refractivity contribution in [3.05, 3.63) is 68.2 Å². The summed E-state index contributed by atoms with van der Waals surface area (Å²) in [6, 6.07) is 9.10. The predicted octanol–water partition coefficient (Wildman–Crippen LogP) is 1.46.